The number of aryl methyl sites for hydroxylation is 1. The molecule has 0 aliphatic rings. The minimum atomic E-state index is -0.158. The molecule has 0 atom stereocenters. The fourth-order valence-corrected chi connectivity index (χ4v) is 1.98. The van der Waals surface area contributed by atoms with E-state index in [1.165, 1.54) is 0 Å². The van der Waals surface area contributed by atoms with Gasteiger partial charge in [0.2, 0.25) is 0 Å². The summed E-state index contributed by atoms with van der Waals surface area (Å²) in [6.45, 7) is 12.7. The highest BCUT2D eigenvalue weighted by Gasteiger charge is 2.22. The van der Waals surface area contributed by atoms with E-state index in [1.54, 1.807) is 0 Å². The zero-order valence-electron chi connectivity index (χ0n) is 13.3. The van der Waals surface area contributed by atoms with E-state index in [0.29, 0.717) is 12.2 Å². The topological polar surface area (TPSA) is 67.2 Å². The molecule has 114 valence electrons. The van der Waals surface area contributed by atoms with Crippen LogP contribution in [0, 0.1) is 12.3 Å². The number of hydrogen-bond acceptors (Lipinski definition) is 4. The minimum Gasteiger partial charge on any atom is -0.360 e. The first-order chi connectivity index (χ1) is 9.41. The molecule has 5 heteroatoms. The lowest BCUT2D eigenvalue weighted by Gasteiger charge is -2.25. The predicted octanol–water partition coefficient (Wildman–Crippen LogP) is 2.30. The van der Waals surface area contributed by atoms with E-state index >= 15 is 0 Å². The summed E-state index contributed by atoms with van der Waals surface area (Å²) < 4.78 is 5.15. The molecule has 0 saturated carbocycles. The van der Waals surface area contributed by atoms with Gasteiger partial charge in [-0.1, -0.05) is 32.9 Å². The minimum absolute atomic E-state index is 0.00998. The third-order valence-corrected chi connectivity index (χ3v) is 3.31. The monoisotopic (exact) mass is 281 g/mol. The summed E-state index contributed by atoms with van der Waals surface area (Å²) in [6, 6.07) is 0. The Hall–Kier alpha value is -1.36. The Bertz CT molecular complexity index is 438. The highest BCUT2D eigenvalue weighted by atomic mass is 16.5. The molecule has 1 aromatic rings. The van der Waals surface area contributed by atoms with Crippen molar-refractivity contribution in [1.29, 1.82) is 0 Å². The molecule has 0 radical (unpaired) electrons. The molecule has 0 aliphatic carbocycles. The third-order valence-electron chi connectivity index (χ3n) is 3.31. The Balaban J connectivity index is 2.51. The second kappa shape index (κ2) is 7.43. The van der Waals surface area contributed by atoms with Gasteiger partial charge >= 0.3 is 0 Å². The molecule has 0 fully saturated rings. The fourth-order valence-electron chi connectivity index (χ4n) is 1.98. The van der Waals surface area contributed by atoms with Crippen LogP contribution in [0.1, 0.15) is 55.9 Å². The van der Waals surface area contributed by atoms with Gasteiger partial charge in [0.15, 0.2) is 5.69 Å². The molecule has 0 aromatic carbocycles. The molecule has 1 rings (SSSR count). The number of nitrogens with one attached hydrogen (secondary N) is 2. The van der Waals surface area contributed by atoms with Crippen LogP contribution in [0.15, 0.2) is 4.52 Å². The molecule has 1 amide bonds. The highest BCUT2D eigenvalue weighted by molar-refractivity contribution is 5.93. The van der Waals surface area contributed by atoms with Crippen LogP contribution in [0.4, 0.5) is 0 Å². The van der Waals surface area contributed by atoms with Crippen LogP contribution in [0.2, 0.25) is 0 Å². The van der Waals surface area contributed by atoms with Crippen molar-refractivity contribution in [3.63, 3.8) is 0 Å². The SMILES string of the molecule is CCCNCC(C)(C)CNC(=O)c1noc(CC)c1C. The van der Waals surface area contributed by atoms with E-state index in [0.717, 1.165) is 37.3 Å². The predicted molar refractivity (Wildman–Crippen MR) is 79.9 cm³/mol. The normalized spacial score (nSPS) is 11.7. The van der Waals surface area contributed by atoms with Gasteiger partial charge in [0.05, 0.1) is 0 Å². The second-order valence-corrected chi connectivity index (χ2v) is 5.96. The summed E-state index contributed by atoms with van der Waals surface area (Å²) in [5.74, 6) is 0.619. The number of hydrogen-bond donors (Lipinski definition) is 2. The molecule has 20 heavy (non-hydrogen) atoms. The number of rotatable bonds is 8. The first-order valence-corrected chi connectivity index (χ1v) is 7.35. The van der Waals surface area contributed by atoms with Crippen molar-refractivity contribution in [3.05, 3.63) is 17.0 Å². The first-order valence-electron chi connectivity index (χ1n) is 7.35. The van der Waals surface area contributed by atoms with Gasteiger partial charge < -0.3 is 15.2 Å². The lowest BCUT2D eigenvalue weighted by atomic mass is 9.93. The first kappa shape index (κ1) is 16.7. The van der Waals surface area contributed by atoms with Crippen molar-refractivity contribution in [2.24, 2.45) is 5.41 Å². The highest BCUT2D eigenvalue weighted by Crippen LogP contribution is 2.15. The van der Waals surface area contributed by atoms with E-state index < -0.39 is 0 Å². The Labute approximate surface area is 121 Å². The maximum atomic E-state index is 12.1. The van der Waals surface area contributed by atoms with Gasteiger partial charge in [-0.05, 0) is 25.3 Å². The maximum Gasteiger partial charge on any atom is 0.273 e. The summed E-state index contributed by atoms with van der Waals surface area (Å²) in [5.41, 5.74) is 1.25. The van der Waals surface area contributed by atoms with Crippen LogP contribution in [0.3, 0.4) is 0 Å². The fraction of sp³-hybridized carbons (Fsp3) is 0.733. The average Bonchev–Trinajstić information content (AvgIpc) is 2.77. The standard InChI is InChI=1S/C15H27N3O2/c1-6-8-16-9-15(4,5)10-17-14(19)13-11(3)12(7-2)20-18-13/h16H,6-10H2,1-5H3,(H,17,19). The van der Waals surface area contributed by atoms with E-state index in [4.69, 9.17) is 4.52 Å². The number of aromatic nitrogens is 1. The molecule has 0 unspecified atom stereocenters. The quantitative estimate of drug-likeness (QED) is 0.718. The molecule has 5 nitrogen and oxygen atoms in total. The lowest BCUT2D eigenvalue weighted by molar-refractivity contribution is 0.0926. The van der Waals surface area contributed by atoms with Crippen molar-refractivity contribution >= 4 is 5.91 Å². The van der Waals surface area contributed by atoms with Gasteiger partial charge in [0, 0.05) is 25.1 Å². The van der Waals surface area contributed by atoms with Gasteiger partial charge in [-0.2, -0.15) is 0 Å². The van der Waals surface area contributed by atoms with Crippen molar-refractivity contribution in [1.82, 2.24) is 15.8 Å². The van der Waals surface area contributed by atoms with E-state index in [1.807, 2.05) is 13.8 Å². The smallest absolute Gasteiger partial charge is 0.273 e. The van der Waals surface area contributed by atoms with E-state index in [-0.39, 0.29) is 11.3 Å². The van der Waals surface area contributed by atoms with Crippen molar-refractivity contribution in [2.75, 3.05) is 19.6 Å². The van der Waals surface area contributed by atoms with Crippen molar-refractivity contribution < 1.29 is 9.32 Å². The zero-order chi connectivity index (χ0) is 15.2. The van der Waals surface area contributed by atoms with Crippen molar-refractivity contribution in [2.45, 2.75) is 47.5 Å². The summed E-state index contributed by atoms with van der Waals surface area (Å²) in [6.07, 6.45) is 1.86. The molecular weight excluding hydrogens is 254 g/mol. The molecule has 0 spiro atoms. The van der Waals surface area contributed by atoms with E-state index in [2.05, 4.69) is 36.6 Å². The second-order valence-electron chi connectivity index (χ2n) is 5.96. The summed E-state index contributed by atoms with van der Waals surface area (Å²) in [5, 5.41) is 10.2. The van der Waals surface area contributed by atoms with Crippen LogP contribution in [-0.2, 0) is 6.42 Å². The largest absolute Gasteiger partial charge is 0.360 e. The number of amides is 1. The van der Waals surface area contributed by atoms with Crippen LogP contribution in [-0.4, -0.2) is 30.7 Å². The van der Waals surface area contributed by atoms with Crippen LogP contribution < -0.4 is 10.6 Å². The molecule has 0 bridgehead atoms. The van der Waals surface area contributed by atoms with Crippen molar-refractivity contribution in [3.8, 4) is 0 Å². The van der Waals surface area contributed by atoms with Gasteiger partial charge in [-0.15, -0.1) is 0 Å². The number of carbonyl (C=O) groups excluding carboxylic acids is 1. The van der Waals surface area contributed by atoms with Gasteiger partial charge in [-0.25, -0.2) is 0 Å². The van der Waals surface area contributed by atoms with Crippen LogP contribution in [0.5, 0.6) is 0 Å². The van der Waals surface area contributed by atoms with Gasteiger partial charge in [-0.3, -0.25) is 4.79 Å². The summed E-state index contributed by atoms with van der Waals surface area (Å²) >= 11 is 0. The van der Waals surface area contributed by atoms with Gasteiger partial charge in [0.1, 0.15) is 5.76 Å². The molecule has 0 saturated heterocycles. The molecular formula is C15H27N3O2. The molecule has 1 heterocycles. The molecule has 2 N–H and O–H groups in total. The maximum absolute atomic E-state index is 12.1. The summed E-state index contributed by atoms with van der Waals surface area (Å²) in [7, 11) is 0. The van der Waals surface area contributed by atoms with Crippen LogP contribution >= 0.6 is 0 Å². The average molecular weight is 281 g/mol. The third kappa shape index (κ3) is 4.63. The van der Waals surface area contributed by atoms with E-state index in [9.17, 15) is 4.79 Å². The number of nitrogens with zero attached hydrogens (tertiary/aromatic N) is 1. The lowest BCUT2D eigenvalue weighted by Crippen LogP contribution is -2.40. The Morgan fingerprint density at radius 1 is 1.30 bits per heavy atom. The van der Waals surface area contributed by atoms with Crippen LogP contribution in [0.25, 0.3) is 0 Å². The van der Waals surface area contributed by atoms with Gasteiger partial charge in [0.25, 0.3) is 5.91 Å². The Morgan fingerprint density at radius 3 is 2.55 bits per heavy atom. The number of carbonyl (C=O) groups is 1. The molecule has 1 aromatic heterocycles. The molecule has 0 aliphatic heterocycles. The zero-order valence-corrected chi connectivity index (χ0v) is 13.3. The summed E-state index contributed by atoms with van der Waals surface area (Å²) in [4.78, 5) is 12.1. The Morgan fingerprint density at radius 2 is 2.00 bits per heavy atom. The Kier molecular flexibility index (Phi) is 6.20.